The van der Waals surface area contributed by atoms with Crippen molar-refractivity contribution in [2.45, 2.75) is 18.4 Å². The second-order valence-corrected chi connectivity index (χ2v) is 2.48. The molecule has 0 bridgehead atoms. The van der Waals surface area contributed by atoms with Crippen molar-refractivity contribution in [1.82, 2.24) is 0 Å². The number of hydrogen-bond donors (Lipinski definition) is 4. The molecule has 0 heterocycles. The molecule has 0 radical (unpaired) electrons. The average Bonchev–Trinajstić information content (AvgIpc) is 1.82. The standard InChI is InChI=1S/C6H8O7.Ca.K.3H/c7-3(8)1-6(13,5(11)12)2-4(9)10;;;;;/h13H,1-2H2,(H,7,8)(H,9,10)(H,11,12);;;;;/q;+2;+1;3*-1. The Labute approximate surface area is 162 Å². The first-order chi connectivity index (χ1) is 5.78. The number of rotatable bonds is 5. The van der Waals surface area contributed by atoms with Crippen LogP contribution in [0.2, 0.25) is 0 Å². The van der Waals surface area contributed by atoms with Crippen LogP contribution in [-0.4, -0.2) is 81.7 Å². The van der Waals surface area contributed by atoms with E-state index in [0.717, 1.165) is 0 Å². The summed E-state index contributed by atoms with van der Waals surface area (Å²) < 4.78 is 0. The second kappa shape index (κ2) is 9.31. The zero-order valence-corrected chi connectivity index (χ0v) is 13.5. The van der Waals surface area contributed by atoms with E-state index < -0.39 is 36.4 Å². The van der Waals surface area contributed by atoms with Gasteiger partial charge in [-0.05, 0) is 0 Å². The zero-order valence-electron chi connectivity index (χ0n) is 11.1. The van der Waals surface area contributed by atoms with Gasteiger partial charge in [-0.2, -0.15) is 0 Å². The van der Waals surface area contributed by atoms with Gasteiger partial charge in [0.2, 0.25) is 0 Å². The van der Waals surface area contributed by atoms with Gasteiger partial charge >= 0.3 is 107 Å². The van der Waals surface area contributed by atoms with Gasteiger partial charge < -0.3 is 24.7 Å². The third kappa shape index (κ3) is 9.01. The first-order valence-corrected chi connectivity index (χ1v) is 3.17. The van der Waals surface area contributed by atoms with E-state index in [0.29, 0.717) is 0 Å². The van der Waals surface area contributed by atoms with E-state index in [2.05, 4.69) is 0 Å². The monoisotopic (exact) mass is 274 g/mol. The van der Waals surface area contributed by atoms with Gasteiger partial charge in [-0.25, -0.2) is 4.79 Å². The predicted octanol–water partition coefficient (Wildman–Crippen LogP) is -4.29. The molecule has 0 aromatic heterocycles. The van der Waals surface area contributed by atoms with Crippen LogP contribution in [-0.2, 0) is 14.4 Å². The van der Waals surface area contributed by atoms with Crippen LogP contribution in [0.4, 0.5) is 0 Å². The molecule has 0 aliphatic carbocycles. The van der Waals surface area contributed by atoms with Gasteiger partial charge in [0.25, 0.3) is 0 Å². The summed E-state index contributed by atoms with van der Waals surface area (Å²) in [4.78, 5) is 30.5. The molecular weight excluding hydrogens is 263 g/mol. The predicted molar refractivity (Wildman–Crippen MR) is 46.2 cm³/mol. The molecule has 0 saturated carbocycles. The Kier molecular flexibility index (Phi) is 13.4. The maximum Gasteiger partial charge on any atom is 2.00 e. The van der Waals surface area contributed by atoms with Crippen molar-refractivity contribution in [2.75, 3.05) is 0 Å². The van der Waals surface area contributed by atoms with Crippen LogP contribution in [0.25, 0.3) is 0 Å². The smallest absolute Gasteiger partial charge is 1.00 e. The minimum atomic E-state index is -2.74. The molecule has 4 N–H and O–H groups in total. The SMILES string of the molecule is O=C(O)CC(O)(CC(=O)O)C(=O)O.[Ca+2].[H-].[H-].[H-].[K+]. The van der Waals surface area contributed by atoms with E-state index in [1.165, 1.54) is 0 Å². The Morgan fingerprint density at radius 1 is 1.00 bits per heavy atom. The molecule has 0 aromatic carbocycles. The first-order valence-electron chi connectivity index (χ1n) is 3.17. The summed E-state index contributed by atoms with van der Waals surface area (Å²) in [5.41, 5.74) is -2.74. The molecular formula is C6H11CaKO7. The van der Waals surface area contributed by atoms with Crippen LogP contribution in [0, 0.1) is 0 Å². The quantitative estimate of drug-likeness (QED) is 0.373. The fourth-order valence-corrected chi connectivity index (χ4v) is 0.714. The van der Waals surface area contributed by atoms with Crippen molar-refractivity contribution in [2.24, 2.45) is 0 Å². The normalized spacial score (nSPS) is 9.40. The molecule has 80 valence electrons. The molecule has 7 nitrogen and oxygen atoms in total. The fourth-order valence-electron chi connectivity index (χ4n) is 0.714. The van der Waals surface area contributed by atoms with E-state index >= 15 is 0 Å². The van der Waals surface area contributed by atoms with Crippen molar-refractivity contribution >= 4 is 55.6 Å². The minimum Gasteiger partial charge on any atom is -1.00 e. The molecule has 0 atom stereocenters. The number of carboxylic acid groups (broad SMARTS) is 3. The number of aliphatic hydroxyl groups is 1. The summed E-state index contributed by atoms with van der Waals surface area (Å²) in [5, 5.41) is 33.8. The van der Waals surface area contributed by atoms with Gasteiger partial charge in [0.15, 0.2) is 5.60 Å². The van der Waals surface area contributed by atoms with Crippen LogP contribution < -0.4 is 51.4 Å². The molecule has 0 rings (SSSR count). The van der Waals surface area contributed by atoms with Gasteiger partial charge in [0, 0.05) is 0 Å². The molecule has 0 saturated heterocycles. The first kappa shape index (κ1) is 21.5. The molecule has 0 amide bonds. The van der Waals surface area contributed by atoms with Crippen molar-refractivity contribution in [3.05, 3.63) is 0 Å². The van der Waals surface area contributed by atoms with Crippen molar-refractivity contribution < 1.29 is 90.5 Å². The Morgan fingerprint density at radius 3 is 1.40 bits per heavy atom. The van der Waals surface area contributed by atoms with Crippen LogP contribution in [0.15, 0.2) is 0 Å². The number of aliphatic carboxylic acids is 3. The second-order valence-electron chi connectivity index (χ2n) is 2.48. The summed E-state index contributed by atoms with van der Waals surface area (Å²) >= 11 is 0. The van der Waals surface area contributed by atoms with Crippen molar-refractivity contribution in [1.29, 1.82) is 0 Å². The zero-order chi connectivity index (χ0) is 10.6. The molecule has 15 heavy (non-hydrogen) atoms. The average molecular weight is 274 g/mol. The van der Waals surface area contributed by atoms with Crippen LogP contribution in [0.5, 0.6) is 0 Å². The number of hydrogen-bond acceptors (Lipinski definition) is 4. The van der Waals surface area contributed by atoms with Crippen LogP contribution >= 0.6 is 0 Å². The van der Waals surface area contributed by atoms with E-state index in [1.54, 1.807) is 0 Å². The fraction of sp³-hybridized carbons (Fsp3) is 0.500. The van der Waals surface area contributed by atoms with E-state index in [1.807, 2.05) is 0 Å². The number of carbonyl (C=O) groups is 3. The third-order valence-electron chi connectivity index (χ3n) is 1.29. The topological polar surface area (TPSA) is 132 Å². The Bertz CT molecular complexity index is 250. The summed E-state index contributed by atoms with van der Waals surface area (Å²) in [6, 6.07) is 0. The van der Waals surface area contributed by atoms with Crippen LogP contribution in [0.1, 0.15) is 17.1 Å². The number of carboxylic acids is 3. The largest absolute Gasteiger partial charge is 2.00 e. The molecule has 0 aliphatic heterocycles. The van der Waals surface area contributed by atoms with E-state index in [4.69, 9.17) is 20.4 Å². The van der Waals surface area contributed by atoms with E-state index in [9.17, 15) is 14.4 Å². The Hall–Kier alpha value is 1.27. The Morgan fingerprint density at radius 2 is 1.27 bits per heavy atom. The molecule has 0 aromatic rings. The van der Waals surface area contributed by atoms with Gasteiger partial charge in [0.05, 0.1) is 12.8 Å². The molecule has 0 unspecified atom stereocenters. The van der Waals surface area contributed by atoms with Crippen LogP contribution in [0.3, 0.4) is 0 Å². The van der Waals surface area contributed by atoms with Gasteiger partial charge in [-0.1, -0.05) is 0 Å². The molecule has 0 aliphatic rings. The van der Waals surface area contributed by atoms with Crippen molar-refractivity contribution in [3.8, 4) is 0 Å². The summed E-state index contributed by atoms with van der Waals surface area (Å²) in [5.74, 6) is -5.02. The maximum absolute atomic E-state index is 10.3. The summed E-state index contributed by atoms with van der Waals surface area (Å²) in [6.07, 6.45) is -2.29. The maximum atomic E-state index is 10.3. The summed E-state index contributed by atoms with van der Waals surface area (Å²) in [7, 11) is 0. The van der Waals surface area contributed by atoms with Gasteiger partial charge in [0.1, 0.15) is 0 Å². The summed E-state index contributed by atoms with van der Waals surface area (Å²) in [6.45, 7) is 0. The van der Waals surface area contributed by atoms with Gasteiger partial charge in [-0.3, -0.25) is 9.59 Å². The molecule has 9 heteroatoms. The third-order valence-corrected chi connectivity index (χ3v) is 1.29. The van der Waals surface area contributed by atoms with Crippen molar-refractivity contribution in [3.63, 3.8) is 0 Å². The molecule has 0 spiro atoms. The van der Waals surface area contributed by atoms with Gasteiger partial charge in [-0.15, -0.1) is 0 Å². The van der Waals surface area contributed by atoms with E-state index in [-0.39, 0.29) is 93.4 Å². The Balaban J connectivity index is -0.0000000720. The molecule has 0 fully saturated rings. The minimum absolute atomic E-state index is 0.